The highest BCUT2D eigenvalue weighted by molar-refractivity contribution is 5.97. The summed E-state index contributed by atoms with van der Waals surface area (Å²) in [7, 11) is 0. The first-order chi connectivity index (χ1) is 12.2. The van der Waals surface area contributed by atoms with Gasteiger partial charge in [-0.3, -0.25) is 14.4 Å². The predicted molar refractivity (Wildman–Crippen MR) is 100.0 cm³/mol. The Labute approximate surface area is 154 Å². The number of hydrogen-bond acceptors (Lipinski definition) is 3. The molecule has 1 aromatic rings. The van der Waals surface area contributed by atoms with E-state index in [1.54, 1.807) is 24.3 Å². The van der Waals surface area contributed by atoms with Crippen molar-refractivity contribution in [1.82, 2.24) is 5.32 Å². The number of carbonyl (C=O) groups is 3. The van der Waals surface area contributed by atoms with Crippen molar-refractivity contribution < 1.29 is 19.5 Å². The van der Waals surface area contributed by atoms with Crippen LogP contribution in [0.15, 0.2) is 24.3 Å². The summed E-state index contributed by atoms with van der Waals surface area (Å²) in [5.41, 5.74) is 1.38. The Kier molecular flexibility index (Phi) is 6.40. The standard InChI is InChI=1S/C20H28N2O4/c1-13(19(25)26)21-18(24)15-4-6-16(7-5-15)22-17(23)12-14-8-10-20(2,3)11-9-14/h4-7,13-14H,8-12H2,1-3H3,(H,21,24)(H,22,23)(H,25,26). The van der Waals surface area contributed by atoms with Crippen LogP contribution in [0.1, 0.15) is 63.2 Å². The molecule has 3 N–H and O–H groups in total. The van der Waals surface area contributed by atoms with Crippen molar-refractivity contribution in [2.45, 2.75) is 58.9 Å². The van der Waals surface area contributed by atoms with E-state index < -0.39 is 17.9 Å². The van der Waals surface area contributed by atoms with E-state index in [2.05, 4.69) is 24.5 Å². The minimum atomic E-state index is -1.09. The fraction of sp³-hybridized carbons (Fsp3) is 0.550. The molecule has 0 bridgehead atoms. The van der Waals surface area contributed by atoms with Gasteiger partial charge < -0.3 is 15.7 Å². The van der Waals surface area contributed by atoms with Crippen LogP contribution >= 0.6 is 0 Å². The highest BCUT2D eigenvalue weighted by Gasteiger charge is 2.27. The molecule has 1 saturated carbocycles. The summed E-state index contributed by atoms with van der Waals surface area (Å²) in [5.74, 6) is -1.12. The van der Waals surface area contributed by atoms with Gasteiger partial charge in [-0.2, -0.15) is 0 Å². The minimum Gasteiger partial charge on any atom is -0.480 e. The largest absolute Gasteiger partial charge is 0.480 e. The first-order valence-corrected chi connectivity index (χ1v) is 9.10. The molecular weight excluding hydrogens is 332 g/mol. The van der Waals surface area contributed by atoms with Gasteiger partial charge in [-0.05, 0) is 68.2 Å². The molecule has 1 aliphatic carbocycles. The monoisotopic (exact) mass is 360 g/mol. The van der Waals surface area contributed by atoms with Crippen LogP contribution < -0.4 is 10.6 Å². The van der Waals surface area contributed by atoms with Gasteiger partial charge in [0, 0.05) is 17.7 Å². The lowest BCUT2D eigenvalue weighted by Gasteiger charge is -2.34. The Hall–Kier alpha value is -2.37. The molecule has 1 fully saturated rings. The molecule has 2 amide bonds. The number of benzene rings is 1. The third-order valence-electron chi connectivity index (χ3n) is 5.08. The van der Waals surface area contributed by atoms with E-state index in [1.807, 2.05) is 0 Å². The second-order valence-electron chi connectivity index (χ2n) is 7.97. The Balaban J connectivity index is 1.84. The van der Waals surface area contributed by atoms with Crippen LogP contribution in [0.2, 0.25) is 0 Å². The van der Waals surface area contributed by atoms with E-state index in [-0.39, 0.29) is 5.91 Å². The van der Waals surface area contributed by atoms with Gasteiger partial charge in [0.25, 0.3) is 5.91 Å². The Morgan fingerprint density at radius 2 is 1.73 bits per heavy atom. The van der Waals surface area contributed by atoms with Gasteiger partial charge in [0.2, 0.25) is 5.91 Å². The van der Waals surface area contributed by atoms with Crippen molar-refractivity contribution >= 4 is 23.5 Å². The van der Waals surface area contributed by atoms with Crippen LogP contribution in [0.5, 0.6) is 0 Å². The smallest absolute Gasteiger partial charge is 0.325 e. The van der Waals surface area contributed by atoms with Crippen LogP contribution in [0.4, 0.5) is 5.69 Å². The lowest BCUT2D eigenvalue weighted by atomic mass is 9.72. The molecule has 26 heavy (non-hydrogen) atoms. The highest BCUT2D eigenvalue weighted by Crippen LogP contribution is 2.39. The number of aliphatic carboxylic acids is 1. The first kappa shape index (κ1) is 19.9. The Morgan fingerprint density at radius 1 is 1.15 bits per heavy atom. The summed E-state index contributed by atoms with van der Waals surface area (Å²) in [5, 5.41) is 14.1. The topological polar surface area (TPSA) is 95.5 Å². The summed E-state index contributed by atoms with van der Waals surface area (Å²) in [6.07, 6.45) is 5.00. The highest BCUT2D eigenvalue weighted by atomic mass is 16.4. The molecule has 0 aliphatic heterocycles. The summed E-state index contributed by atoms with van der Waals surface area (Å²) in [6.45, 7) is 5.96. The van der Waals surface area contributed by atoms with Crippen molar-refractivity contribution in [2.75, 3.05) is 5.32 Å². The maximum absolute atomic E-state index is 12.2. The lowest BCUT2D eigenvalue weighted by Crippen LogP contribution is -2.38. The van der Waals surface area contributed by atoms with Gasteiger partial charge in [0.05, 0.1) is 0 Å². The van der Waals surface area contributed by atoms with Crippen molar-refractivity contribution in [3.63, 3.8) is 0 Å². The maximum atomic E-state index is 12.2. The molecular formula is C20H28N2O4. The molecule has 1 aliphatic rings. The molecule has 1 unspecified atom stereocenters. The third kappa shape index (κ3) is 5.86. The zero-order valence-electron chi connectivity index (χ0n) is 15.7. The quantitative estimate of drug-likeness (QED) is 0.724. The first-order valence-electron chi connectivity index (χ1n) is 9.10. The summed E-state index contributed by atoms with van der Waals surface area (Å²) in [6, 6.07) is 5.50. The maximum Gasteiger partial charge on any atom is 0.325 e. The number of anilines is 1. The second kappa shape index (κ2) is 8.34. The molecule has 0 aromatic heterocycles. The molecule has 0 saturated heterocycles. The molecule has 2 rings (SSSR count). The molecule has 1 atom stereocenters. The molecule has 1 aromatic carbocycles. The fourth-order valence-corrected chi connectivity index (χ4v) is 3.18. The second-order valence-corrected chi connectivity index (χ2v) is 7.97. The molecule has 0 heterocycles. The molecule has 6 nitrogen and oxygen atoms in total. The molecule has 142 valence electrons. The number of nitrogens with one attached hydrogen (secondary N) is 2. The number of carbonyl (C=O) groups excluding carboxylic acids is 2. The fourth-order valence-electron chi connectivity index (χ4n) is 3.18. The van der Waals surface area contributed by atoms with Crippen molar-refractivity contribution in [1.29, 1.82) is 0 Å². The van der Waals surface area contributed by atoms with Gasteiger partial charge in [0.15, 0.2) is 0 Å². The van der Waals surface area contributed by atoms with E-state index in [1.165, 1.54) is 6.92 Å². The normalized spacial score (nSPS) is 18.0. The van der Waals surface area contributed by atoms with Gasteiger partial charge in [-0.1, -0.05) is 13.8 Å². The number of hydrogen-bond donors (Lipinski definition) is 3. The van der Waals surface area contributed by atoms with E-state index in [0.717, 1.165) is 25.7 Å². The van der Waals surface area contributed by atoms with Gasteiger partial charge >= 0.3 is 5.97 Å². The summed E-state index contributed by atoms with van der Waals surface area (Å²) in [4.78, 5) is 35.0. The van der Waals surface area contributed by atoms with Crippen molar-refractivity contribution in [3.8, 4) is 0 Å². The number of amides is 2. The Bertz CT molecular complexity index is 657. The van der Waals surface area contributed by atoms with E-state index in [9.17, 15) is 14.4 Å². The Morgan fingerprint density at radius 3 is 2.27 bits per heavy atom. The number of rotatable bonds is 6. The van der Waals surface area contributed by atoms with Crippen LogP contribution in [0, 0.1) is 11.3 Å². The molecule has 0 radical (unpaired) electrons. The predicted octanol–water partition coefficient (Wildman–Crippen LogP) is 3.43. The van der Waals surface area contributed by atoms with Gasteiger partial charge in [0.1, 0.15) is 6.04 Å². The van der Waals surface area contributed by atoms with E-state index in [0.29, 0.717) is 29.0 Å². The van der Waals surface area contributed by atoms with Crippen LogP contribution in [0.25, 0.3) is 0 Å². The van der Waals surface area contributed by atoms with Crippen LogP contribution in [-0.4, -0.2) is 28.9 Å². The van der Waals surface area contributed by atoms with Crippen LogP contribution in [0.3, 0.4) is 0 Å². The lowest BCUT2D eigenvalue weighted by molar-refractivity contribution is -0.138. The molecule has 6 heteroatoms. The zero-order chi connectivity index (χ0) is 19.3. The minimum absolute atomic E-state index is 0.00796. The van der Waals surface area contributed by atoms with Gasteiger partial charge in [-0.15, -0.1) is 0 Å². The van der Waals surface area contributed by atoms with Crippen LogP contribution in [-0.2, 0) is 9.59 Å². The SMILES string of the molecule is CC(NC(=O)c1ccc(NC(=O)CC2CCC(C)(C)CC2)cc1)C(=O)O. The average molecular weight is 360 g/mol. The number of carboxylic acids is 1. The summed E-state index contributed by atoms with van der Waals surface area (Å²) < 4.78 is 0. The summed E-state index contributed by atoms with van der Waals surface area (Å²) >= 11 is 0. The van der Waals surface area contributed by atoms with E-state index in [4.69, 9.17) is 5.11 Å². The van der Waals surface area contributed by atoms with Crippen molar-refractivity contribution in [2.24, 2.45) is 11.3 Å². The third-order valence-corrected chi connectivity index (χ3v) is 5.08. The van der Waals surface area contributed by atoms with Crippen molar-refractivity contribution in [3.05, 3.63) is 29.8 Å². The molecule has 0 spiro atoms. The zero-order valence-corrected chi connectivity index (χ0v) is 15.7. The number of carboxylic acid groups (broad SMARTS) is 1. The van der Waals surface area contributed by atoms with E-state index >= 15 is 0 Å². The average Bonchev–Trinajstić information content (AvgIpc) is 2.57. The van der Waals surface area contributed by atoms with Gasteiger partial charge in [-0.25, -0.2) is 0 Å².